The number of phenols is 1. The molecule has 0 radical (unpaired) electrons. The summed E-state index contributed by atoms with van der Waals surface area (Å²) in [6.45, 7) is 5.36. The third kappa shape index (κ3) is 4.53. The zero-order valence-corrected chi connectivity index (χ0v) is 15.0. The molecule has 1 aliphatic heterocycles. The lowest BCUT2D eigenvalue weighted by Crippen LogP contribution is -2.47. The molecular formula is C18H23N3O5. The quantitative estimate of drug-likeness (QED) is 0.593. The molecule has 1 heterocycles. The van der Waals surface area contributed by atoms with E-state index in [1.165, 1.54) is 6.07 Å². The van der Waals surface area contributed by atoms with Crippen molar-refractivity contribution in [1.82, 2.24) is 16.0 Å². The van der Waals surface area contributed by atoms with Crippen molar-refractivity contribution in [2.45, 2.75) is 39.2 Å². The van der Waals surface area contributed by atoms with E-state index in [9.17, 15) is 19.5 Å². The predicted molar refractivity (Wildman–Crippen MR) is 94.1 cm³/mol. The van der Waals surface area contributed by atoms with Gasteiger partial charge in [-0.3, -0.25) is 10.1 Å². The van der Waals surface area contributed by atoms with E-state index in [0.29, 0.717) is 5.56 Å². The van der Waals surface area contributed by atoms with Crippen LogP contribution in [0.25, 0.3) is 0 Å². The molecule has 0 aromatic heterocycles. The highest BCUT2D eigenvalue weighted by atomic mass is 16.5. The van der Waals surface area contributed by atoms with Crippen molar-refractivity contribution in [1.29, 1.82) is 0 Å². The number of para-hydroxylation sites is 1. The number of esters is 1. The van der Waals surface area contributed by atoms with E-state index in [4.69, 9.17) is 4.74 Å². The molecule has 0 saturated carbocycles. The minimum absolute atomic E-state index is 0.0360. The van der Waals surface area contributed by atoms with E-state index >= 15 is 0 Å². The maximum absolute atomic E-state index is 12.5. The number of hydrogen-bond acceptors (Lipinski definition) is 5. The topological polar surface area (TPSA) is 117 Å². The van der Waals surface area contributed by atoms with Crippen LogP contribution < -0.4 is 16.0 Å². The SMILES string of the molecule is CCOC(=O)C1=C(NC(=O)NC(C)C)NC(=O)CC1c1ccccc1O. The Morgan fingerprint density at radius 3 is 2.65 bits per heavy atom. The Labute approximate surface area is 151 Å². The molecule has 140 valence electrons. The summed E-state index contributed by atoms with van der Waals surface area (Å²) in [5.74, 6) is -1.86. The fraction of sp³-hybridized carbons (Fsp3) is 0.389. The Kier molecular flexibility index (Phi) is 6.21. The molecule has 0 spiro atoms. The summed E-state index contributed by atoms with van der Waals surface area (Å²) in [5, 5.41) is 17.8. The van der Waals surface area contributed by atoms with Crippen molar-refractivity contribution in [3.63, 3.8) is 0 Å². The van der Waals surface area contributed by atoms with E-state index in [1.807, 2.05) is 0 Å². The smallest absolute Gasteiger partial charge is 0.338 e. The third-order valence-electron chi connectivity index (χ3n) is 3.74. The Morgan fingerprint density at radius 2 is 2.04 bits per heavy atom. The molecule has 1 aromatic carbocycles. The van der Waals surface area contributed by atoms with Crippen LogP contribution in [0, 0.1) is 0 Å². The highest BCUT2D eigenvalue weighted by molar-refractivity contribution is 5.97. The monoisotopic (exact) mass is 361 g/mol. The van der Waals surface area contributed by atoms with Crippen molar-refractivity contribution in [3.05, 3.63) is 41.2 Å². The van der Waals surface area contributed by atoms with E-state index in [1.54, 1.807) is 39.0 Å². The Morgan fingerprint density at radius 1 is 1.35 bits per heavy atom. The van der Waals surface area contributed by atoms with Gasteiger partial charge in [0.15, 0.2) is 0 Å². The lowest BCUT2D eigenvalue weighted by Gasteiger charge is -2.28. The molecule has 26 heavy (non-hydrogen) atoms. The summed E-state index contributed by atoms with van der Waals surface area (Å²) < 4.78 is 5.10. The molecule has 4 N–H and O–H groups in total. The summed E-state index contributed by atoms with van der Waals surface area (Å²) in [4.78, 5) is 36.7. The average molecular weight is 361 g/mol. The van der Waals surface area contributed by atoms with Crippen LogP contribution in [0.3, 0.4) is 0 Å². The van der Waals surface area contributed by atoms with Gasteiger partial charge in [-0.25, -0.2) is 9.59 Å². The first-order valence-electron chi connectivity index (χ1n) is 8.40. The number of aromatic hydroxyl groups is 1. The number of amides is 3. The van der Waals surface area contributed by atoms with Gasteiger partial charge in [-0.2, -0.15) is 0 Å². The summed E-state index contributed by atoms with van der Waals surface area (Å²) in [7, 11) is 0. The van der Waals surface area contributed by atoms with Gasteiger partial charge in [-0.1, -0.05) is 18.2 Å². The fourth-order valence-corrected chi connectivity index (χ4v) is 2.73. The number of carbonyl (C=O) groups excluding carboxylic acids is 3. The zero-order chi connectivity index (χ0) is 19.3. The number of hydrogen-bond donors (Lipinski definition) is 4. The number of urea groups is 1. The first-order chi connectivity index (χ1) is 12.3. The minimum Gasteiger partial charge on any atom is -0.508 e. The fourth-order valence-electron chi connectivity index (χ4n) is 2.73. The van der Waals surface area contributed by atoms with Crippen LogP contribution in [-0.2, 0) is 14.3 Å². The van der Waals surface area contributed by atoms with E-state index in [0.717, 1.165) is 0 Å². The van der Waals surface area contributed by atoms with E-state index < -0.39 is 17.9 Å². The number of carbonyl (C=O) groups is 3. The van der Waals surface area contributed by atoms with Gasteiger partial charge >= 0.3 is 12.0 Å². The Bertz CT molecular complexity index is 742. The number of benzene rings is 1. The maximum Gasteiger partial charge on any atom is 0.338 e. The largest absolute Gasteiger partial charge is 0.508 e. The second-order valence-corrected chi connectivity index (χ2v) is 6.13. The number of ether oxygens (including phenoxy) is 1. The normalized spacial score (nSPS) is 16.9. The van der Waals surface area contributed by atoms with Gasteiger partial charge in [-0.05, 0) is 26.8 Å². The maximum atomic E-state index is 12.5. The standard InChI is InChI=1S/C18H23N3O5/c1-4-26-17(24)15-12(11-7-5-6-8-13(11)22)9-14(23)20-16(15)21-18(25)19-10(2)3/h5-8,10,12,22H,4,9H2,1-3H3,(H,20,23)(H2,19,21,25). The van der Waals surface area contributed by atoms with Gasteiger partial charge in [0.1, 0.15) is 11.6 Å². The van der Waals surface area contributed by atoms with Crippen LogP contribution in [0.2, 0.25) is 0 Å². The number of phenolic OH excluding ortho intramolecular Hbond substituents is 1. The highest BCUT2D eigenvalue weighted by Gasteiger charge is 2.36. The molecule has 2 rings (SSSR count). The summed E-state index contributed by atoms with van der Waals surface area (Å²) in [6.07, 6.45) is -0.0529. The molecule has 1 aliphatic rings. The van der Waals surface area contributed by atoms with Gasteiger partial charge < -0.3 is 20.5 Å². The van der Waals surface area contributed by atoms with Crippen molar-refractivity contribution in [2.24, 2.45) is 0 Å². The molecule has 0 fully saturated rings. The highest BCUT2D eigenvalue weighted by Crippen LogP contribution is 2.37. The lowest BCUT2D eigenvalue weighted by molar-refractivity contribution is -0.139. The molecule has 8 nitrogen and oxygen atoms in total. The van der Waals surface area contributed by atoms with Gasteiger partial charge in [0.05, 0.1) is 12.2 Å². The second-order valence-electron chi connectivity index (χ2n) is 6.13. The summed E-state index contributed by atoms with van der Waals surface area (Å²) in [6, 6.07) is 5.76. The molecule has 8 heteroatoms. The first kappa shape index (κ1) is 19.3. The number of rotatable bonds is 5. The Hall–Kier alpha value is -3.03. The van der Waals surface area contributed by atoms with Gasteiger partial charge in [0.2, 0.25) is 5.91 Å². The van der Waals surface area contributed by atoms with Crippen LogP contribution in [0.1, 0.15) is 38.7 Å². The van der Waals surface area contributed by atoms with Gasteiger partial charge in [0.25, 0.3) is 0 Å². The molecule has 0 aliphatic carbocycles. The summed E-state index contributed by atoms with van der Waals surface area (Å²) >= 11 is 0. The van der Waals surface area contributed by atoms with Gasteiger partial charge in [0, 0.05) is 23.9 Å². The predicted octanol–water partition coefficient (Wildman–Crippen LogP) is 1.48. The van der Waals surface area contributed by atoms with Crippen molar-refractivity contribution < 1.29 is 24.2 Å². The number of nitrogens with one attached hydrogen (secondary N) is 3. The van der Waals surface area contributed by atoms with Crippen LogP contribution in [0.4, 0.5) is 4.79 Å². The van der Waals surface area contributed by atoms with E-state index in [2.05, 4.69) is 16.0 Å². The van der Waals surface area contributed by atoms with Gasteiger partial charge in [-0.15, -0.1) is 0 Å². The van der Waals surface area contributed by atoms with Crippen molar-refractivity contribution >= 4 is 17.9 Å². The third-order valence-corrected chi connectivity index (χ3v) is 3.74. The van der Waals surface area contributed by atoms with Crippen molar-refractivity contribution in [3.8, 4) is 5.75 Å². The molecule has 1 unspecified atom stereocenters. The van der Waals surface area contributed by atoms with Crippen LogP contribution in [-0.4, -0.2) is 35.7 Å². The zero-order valence-electron chi connectivity index (χ0n) is 15.0. The molecule has 1 aromatic rings. The second kappa shape index (κ2) is 8.37. The van der Waals surface area contributed by atoms with Crippen LogP contribution >= 0.6 is 0 Å². The first-order valence-corrected chi connectivity index (χ1v) is 8.40. The minimum atomic E-state index is -0.738. The molecule has 0 saturated heterocycles. The lowest BCUT2D eigenvalue weighted by atomic mass is 9.85. The van der Waals surface area contributed by atoms with Crippen molar-refractivity contribution in [2.75, 3.05) is 6.61 Å². The summed E-state index contributed by atoms with van der Waals surface area (Å²) in [5.41, 5.74) is 0.501. The molecule has 3 amide bonds. The Balaban J connectivity index is 2.49. The molecule has 0 bridgehead atoms. The molecule has 1 atom stereocenters. The van der Waals surface area contributed by atoms with E-state index in [-0.39, 0.29) is 42.1 Å². The van der Waals surface area contributed by atoms with Crippen LogP contribution in [0.15, 0.2) is 35.7 Å². The van der Waals surface area contributed by atoms with Crippen LogP contribution in [0.5, 0.6) is 5.75 Å². The average Bonchev–Trinajstić information content (AvgIpc) is 2.54. The molecular weight excluding hydrogens is 338 g/mol.